The van der Waals surface area contributed by atoms with Crippen LogP contribution in [-0.4, -0.2) is 29.0 Å². The summed E-state index contributed by atoms with van der Waals surface area (Å²) in [5, 5.41) is 6.85. The summed E-state index contributed by atoms with van der Waals surface area (Å²) in [5.41, 5.74) is 0.962. The Morgan fingerprint density at radius 2 is 2.00 bits per heavy atom. The van der Waals surface area contributed by atoms with Gasteiger partial charge in [-0.2, -0.15) is 0 Å². The van der Waals surface area contributed by atoms with Gasteiger partial charge in [0.2, 0.25) is 0 Å². The van der Waals surface area contributed by atoms with Crippen LogP contribution in [0.3, 0.4) is 0 Å². The number of aromatic nitrogens is 1. The highest BCUT2D eigenvalue weighted by Crippen LogP contribution is 2.34. The Hall–Kier alpha value is -2.45. The summed E-state index contributed by atoms with van der Waals surface area (Å²) in [6, 6.07) is 11.8. The van der Waals surface area contributed by atoms with Crippen LogP contribution in [0.15, 0.2) is 36.4 Å². The lowest BCUT2D eigenvalue weighted by Crippen LogP contribution is -2.36. The molecular formula is C18H17N3O3S2. The van der Waals surface area contributed by atoms with Crippen LogP contribution in [0.25, 0.3) is 9.53 Å². The van der Waals surface area contributed by atoms with Crippen LogP contribution in [0.1, 0.15) is 29.4 Å². The minimum atomic E-state index is -0.800. The van der Waals surface area contributed by atoms with E-state index in [9.17, 15) is 9.59 Å². The topological polar surface area (TPSA) is 80.3 Å². The van der Waals surface area contributed by atoms with Crippen molar-refractivity contribution >= 4 is 54.9 Å². The number of benzene rings is 1. The standard InChI is InChI=1S/C18H17N3O3S2/c1-10(15(22)19-12-7-8-12)24-17(23)14-9-13-16(25-14)21-18(26-13)20-11-5-3-2-4-6-11/h2-6,9-10,12H,7-8H2,1H3,(H,19,22)(H,20,21)/t10-/m0/s1. The Kier molecular flexibility index (Phi) is 4.60. The third-order valence-corrected chi connectivity index (χ3v) is 5.95. The van der Waals surface area contributed by atoms with Crippen LogP contribution in [-0.2, 0) is 9.53 Å². The van der Waals surface area contributed by atoms with Crippen molar-refractivity contribution < 1.29 is 14.3 Å². The van der Waals surface area contributed by atoms with E-state index in [0.717, 1.165) is 33.2 Å². The van der Waals surface area contributed by atoms with Crippen molar-refractivity contribution in [3.8, 4) is 0 Å². The molecule has 3 aromatic rings. The van der Waals surface area contributed by atoms with E-state index in [1.165, 1.54) is 22.7 Å². The Morgan fingerprint density at radius 3 is 2.69 bits per heavy atom. The molecule has 134 valence electrons. The zero-order chi connectivity index (χ0) is 18.1. The molecule has 0 bridgehead atoms. The van der Waals surface area contributed by atoms with E-state index in [2.05, 4.69) is 15.6 Å². The number of anilines is 2. The number of rotatable bonds is 6. The third-order valence-electron chi connectivity index (χ3n) is 3.89. The lowest BCUT2D eigenvalue weighted by atomic mass is 10.3. The largest absolute Gasteiger partial charge is 0.448 e. The van der Waals surface area contributed by atoms with Crippen molar-refractivity contribution in [3.05, 3.63) is 41.3 Å². The maximum Gasteiger partial charge on any atom is 0.349 e. The van der Waals surface area contributed by atoms with E-state index >= 15 is 0 Å². The van der Waals surface area contributed by atoms with Gasteiger partial charge in [0, 0.05) is 11.7 Å². The summed E-state index contributed by atoms with van der Waals surface area (Å²) in [6.07, 6.45) is 1.20. The number of thiophene rings is 1. The quantitative estimate of drug-likeness (QED) is 0.627. The molecular weight excluding hydrogens is 370 g/mol. The zero-order valence-corrected chi connectivity index (χ0v) is 15.7. The lowest BCUT2D eigenvalue weighted by Gasteiger charge is -2.12. The molecule has 4 rings (SSSR count). The monoisotopic (exact) mass is 387 g/mol. The maximum absolute atomic E-state index is 12.3. The number of nitrogens with one attached hydrogen (secondary N) is 2. The molecule has 8 heteroatoms. The van der Waals surface area contributed by atoms with Gasteiger partial charge < -0.3 is 15.4 Å². The summed E-state index contributed by atoms with van der Waals surface area (Å²) in [5.74, 6) is -0.733. The Morgan fingerprint density at radius 1 is 1.23 bits per heavy atom. The highest BCUT2D eigenvalue weighted by atomic mass is 32.1. The summed E-state index contributed by atoms with van der Waals surface area (Å²) in [6.45, 7) is 1.59. The molecule has 1 aliphatic rings. The van der Waals surface area contributed by atoms with Crippen LogP contribution in [0.4, 0.5) is 10.8 Å². The summed E-state index contributed by atoms with van der Waals surface area (Å²) in [4.78, 5) is 29.9. The second-order valence-corrected chi connectivity index (χ2v) is 8.18. The van der Waals surface area contributed by atoms with Crippen LogP contribution in [0.2, 0.25) is 0 Å². The molecule has 1 fully saturated rings. The predicted molar refractivity (Wildman–Crippen MR) is 103 cm³/mol. The van der Waals surface area contributed by atoms with Gasteiger partial charge in [0.15, 0.2) is 11.2 Å². The summed E-state index contributed by atoms with van der Waals surface area (Å²) < 4.78 is 6.18. The van der Waals surface area contributed by atoms with Gasteiger partial charge in [-0.15, -0.1) is 11.3 Å². The van der Waals surface area contributed by atoms with Gasteiger partial charge in [0.25, 0.3) is 5.91 Å². The molecule has 0 aliphatic heterocycles. The van der Waals surface area contributed by atoms with E-state index in [-0.39, 0.29) is 11.9 Å². The molecule has 0 unspecified atom stereocenters. The highest BCUT2D eigenvalue weighted by molar-refractivity contribution is 7.29. The first-order valence-electron chi connectivity index (χ1n) is 8.32. The number of hydrogen-bond donors (Lipinski definition) is 2. The molecule has 26 heavy (non-hydrogen) atoms. The normalized spacial score (nSPS) is 14.8. The molecule has 2 N–H and O–H groups in total. The summed E-state index contributed by atoms with van der Waals surface area (Å²) >= 11 is 2.74. The Balaban J connectivity index is 1.41. The molecule has 1 aromatic carbocycles. The van der Waals surface area contributed by atoms with E-state index in [1.54, 1.807) is 13.0 Å². The number of thiazole rings is 1. The molecule has 1 aliphatic carbocycles. The van der Waals surface area contributed by atoms with Crippen LogP contribution in [0, 0.1) is 0 Å². The van der Waals surface area contributed by atoms with Gasteiger partial charge in [-0.05, 0) is 38.0 Å². The van der Waals surface area contributed by atoms with Crippen molar-refractivity contribution in [1.82, 2.24) is 10.3 Å². The van der Waals surface area contributed by atoms with Crippen molar-refractivity contribution in [2.75, 3.05) is 5.32 Å². The van der Waals surface area contributed by atoms with Crippen molar-refractivity contribution in [3.63, 3.8) is 0 Å². The smallest absolute Gasteiger partial charge is 0.349 e. The summed E-state index contributed by atoms with van der Waals surface area (Å²) in [7, 11) is 0. The first-order chi connectivity index (χ1) is 12.6. The molecule has 1 atom stereocenters. The number of carbonyl (C=O) groups is 2. The van der Waals surface area contributed by atoms with E-state index in [0.29, 0.717) is 4.88 Å². The highest BCUT2D eigenvalue weighted by Gasteiger charge is 2.28. The van der Waals surface area contributed by atoms with Gasteiger partial charge >= 0.3 is 5.97 Å². The van der Waals surface area contributed by atoms with Gasteiger partial charge in [-0.3, -0.25) is 4.79 Å². The number of para-hydroxylation sites is 1. The number of nitrogens with zero attached hydrogens (tertiary/aromatic N) is 1. The first kappa shape index (κ1) is 17.0. The predicted octanol–water partition coefficient (Wildman–Crippen LogP) is 3.93. The molecule has 1 amide bonds. The Labute approximate surface area is 158 Å². The molecule has 0 saturated heterocycles. The van der Waals surface area contributed by atoms with Crippen molar-refractivity contribution in [1.29, 1.82) is 0 Å². The minimum absolute atomic E-state index is 0.244. The van der Waals surface area contributed by atoms with Crippen LogP contribution < -0.4 is 10.6 Å². The molecule has 0 spiro atoms. The average Bonchev–Trinajstić information content (AvgIpc) is 3.22. The fraction of sp³-hybridized carbons (Fsp3) is 0.278. The number of fused-ring (bicyclic) bond motifs is 1. The molecule has 2 heterocycles. The number of hydrogen-bond acceptors (Lipinski definition) is 7. The van der Waals surface area contributed by atoms with Gasteiger partial charge in [-0.1, -0.05) is 29.5 Å². The first-order valence-corrected chi connectivity index (χ1v) is 9.95. The SMILES string of the molecule is C[C@H](OC(=O)c1cc2sc(Nc3ccccc3)nc2s1)C(=O)NC1CC1. The second kappa shape index (κ2) is 7.05. The molecule has 6 nitrogen and oxygen atoms in total. The van der Waals surface area contributed by atoms with Crippen molar-refractivity contribution in [2.45, 2.75) is 31.9 Å². The molecule has 2 aromatic heterocycles. The molecule has 1 saturated carbocycles. The third kappa shape index (κ3) is 3.86. The van der Waals surface area contributed by atoms with Gasteiger partial charge in [0.05, 0.1) is 4.70 Å². The van der Waals surface area contributed by atoms with E-state index in [4.69, 9.17) is 4.74 Å². The minimum Gasteiger partial charge on any atom is -0.448 e. The maximum atomic E-state index is 12.3. The van der Waals surface area contributed by atoms with E-state index in [1.807, 2.05) is 30.3 Å². The number of ether oxygens (including phenoxy) is 1. The zero-order valence-electron chi connectivity index (χ0n) is 14.0. The number of esters is 1. The molecule has 0 radical (unpaired) electrons. The fourth-order valence-electron chi connectivity index (χ4n) is 2.35. The second-order valence-electron chi connectivity index (χ2n) is 6.12. The number of carbonyl (C=O) groups excluding carboxylic acids is 2. The fourth-order valence-corrected chi connectivity index (χ4v) is 4.37. The van der Waals surface area contributed by atoms with E-state index < -0.39 is 12.1 Å². The number of amides is 1. The van der Waals surface area contributed by atoms with Crippen molar-refractivity contribution in [2.24, 2.45) is 0 Å². The van der Waals surface area contributed by atoms with Crippen LogP contribution >= 0.6 is 22.7 Å². The Bertz CT molecular complexity index is 916. The lowest BCUT2D eigenvalue weighted by molar-refractivity contribution is -0.129. The van der Waals surface area contributed by atoms with Crippen LogP contribution in [0.5, 0.6) is 0 Å². The van der Waals surface area contributed by atoms with Gasteiger partial charge in [-0.25, -0.2) is 9.78 Å². The average molecular weight is 387 g/mol. The van der Waals surface area contributed by atoms with Gasteiger partial charge in [0.1, 0.15) is 9.71 Å².